The van der Waals surface area contributed by atoms with Gasteiger partial charge in [0, 0.05) is 16.3 Å². The highest BCUT2D eigenvalue weighted by Gasteiger charge is 2.27. The SMILES string of the molecule is NC(=S)c1cc(Cl)ccc1NCC(F)(F)F. The van der Waals surface area contributed by atoms with Gasteiger partial charge in [0.25, 0.3) is 0 Å². The van der Waals surface area contributed by atoms with Crippen LogP contribution < -0.4 is 11.1 Å². The molecular formula is C9H8ClF3N2S. The van der Waals surface area contributed by atoms with Crippen LogP contribution in [0.15, 0.2) is 18.2 Å². The summed E-state index contributed by atoms with van der Waals surface area (Å²) in [5.74, 6) is 0. The van der Waals surface area contributed by atoms with E-state index >= 15 is 0 Å². The van der Waals surface area contributed by atoms with Crippen molar-refractivity contribution in [1.29, 1.82) is 0 Å². The maximum absolute atomic E-state index is 12.0. The van der Waals surface area contributed by atoms with Gasteiger partial charge in [0.2, 0.25) is 0 Å². The summed E-state index contributed by atoms with van der Waals surface area (Å²) >= 11 is 10.4. The van der Waals surface area contributed by atoms with Crippen molar-refractivity contribution in [3.05, 3.63) is 28.8 Å². The van der Waals surface area contributed by atoms with Crippen LogP contribution in [0.1, 0.15) is 5.56 Å². The smallest absolute Gasteiger partial charge is 0.389 e. The van der Waals surface area contributed by atoms with E-state index in [0.29, 0.717) is 10.6 Å². The van der Waals surface area contributed by atoms with Gasteiger partial charge in [-0.1, -0.05) is 23.8 Å². The van der Waals surface area contributed by atoms with Gasteiger partial charge in [-0.25, -0.2) is 0 Å². The molecule has 0 amide bonds. The lowest BCUT2D eigenvalue weighted by Gasteiger charge is -2.13. The Morgan fingerprint density at radius 2 is 2.06 bits per heavy atom. The van der Waals surface area contributed by atoms with E-state index in [-0.39, 0.29) is 10.7 Å². The summed E-state index contributed by atoms with van der Waals surface area (Å²) in [6, 6.07) is 4.28. The first-order valence-electron chi connectivity index (χ1n) is 4.19. The molecule has 0 saturated carbocycles. The fourth-order valence-corrected chi connectivity index (χ4v) is 1.41. The van der Waals surface area contributed by atoms with Crippen LogP contribution in [-0.2, 0) is 0 Å². The second-order valence-electron chi connectivity index (χ2n) is 3.02. The molecule has 2 nitrogen and oxygen atoms in total. The molecule has 0 aliphatic carbocycles. The molecule has 0 heterocycles. The summed E-state index contributed by atoms with van der Waals surface area (Å²) < 4.78 is 36.0. The van der Waals surface area contributed by atoms with Crippen LogP contribution in [0.4, 0.5) is 18.9 Å². The van der Waals surface area contributed by atoms with Gasteiger partial charge in [-0.05, 0) is 18.2 Å². The van der Waals surface area contributed by atoms with E-state index in [9.17, 15) is 13.2 Å². The van der Waals surface area contributed by atoms with E-state index in [0.717, 1.165) is 0 Å². The van der Waals surface area contributed by atoms with Crippen LogP contribution >= 0.6 is 23.8 Å². The van der Waals surface area contributed by atoms with Gasteiger partial charge in [0.15, 0.2) is 0 Å². The van der Waals surface area contributed by atoms with Crippen molar-refractivity contribution >= 4 is 34.5 Å². The molecule has 0 unspecified atom stereocenters. The van der Waals surface area contributed by atoms with Gasteiger partial charge < -0.3 is 11.1 Å². The third-order valence-electron chi connectivity index (χ3n) is 1.73. The van der Waals surface area contributed by atoms with E-state index in [2.05, 4.69) is 5.32 Å². The zero-order valence-corrected chi connectivity index (χ0v) is 9.51. The Balaban J connectivity index is 2.91. The molecule has 1 aromatic rings. The quantitative estimate of drug-likeness (QED) is 0.828. The molecule has 3 N–H and O–H groups in total. The first kappa shape index (κ1) is 13.1. The molecule has 0 saturated heterocycles. The number of anilines is 1. The zero-order valence-electron chi connectivity index (χ0n) is 7.94. The van der Waals surface area contributed by atoms with Crippen LogP contribution in [0, 0.1) is 0 Å². The number of thiocarbonyl (C=S) groups is 1. The molecule has 1 aromatic carbocycles. The van der Waals surface area contributed by atoms with Gasteiger partial charge in [0.05, 0.1) is 0 Å². The van der Waals surface area contributed by atoms with Gasteiger partial charge in [-0.3, -0.25) is 0 Å². The Labute approximate surface area is 101 Å². The molecule has 16 heavy (non-hydrogen) atoms. The minimum atomic E-state index is -4.30. The molecular weight excluding hydrogens is 261 g/mol. The Morgan fingerprint density at radius 3 is 2.56 bits per heavy atom. The van der Waals surface area contributed by atoms with E-state index in [1.807, 2.05) is 0 Å². The molecule has 0 aromatic heterocycles. The van der Waals surface area contributed by atoms with Crippen molar-refractivity contribution in [3.63, 3.8) is 0 Å². The molecule has 1 rings (SSSR count). The molecule has 0 aliphatic heterocycles. The second-order valence-corrected chi connectivity index (χ2v) is 3.90. The Bertz CT molecular complexity index is 406. The van der Waals surface area contributed by atoms with Crippen molar-refractivity contribution in [2.45, 2.75) is 6.18 Å². The van der Waals surface area contributed by atoms with E-state index < -0.39 is 12.7 Å². The standard InChI is InChI=1S/C9H8ClF3N2S/c10-5-1-2-7(6(3-5)8(14)16)15-4-9(11,12)13/h1-3,15H,4H2,(H2,14,16). The van der Waals surface area contributed by atoms with Gasteiger partial charge in [-0.15, -0.1) is 0 Å². The number of rotatable bonds is 3. The Morgan fingerprint density at radius 1 is 1.44 bits per heavy atom. The second kappa shape index (κ2) is 4.88. The van der Waals surface area contributed by atoms with Crippen LogP contribution in [0.2, 0.25) is 5.02 Å². The van der Waals surface area contributed by atoms with Crippen LogP contribution in [0.3, 0.4) is 0 Å². The van der Waals surface area contributed by atoms with Crippen LogP contribution in [-0.4, -0.2) is 17.7 Å². The van der Waals surface area contributed by atoms with Gasteiger partial charge in [-0.2, -0.15) is 13.2 Å². The lowest BCUT2D eigenvalue weighted by atomic mass is 10.2. The van der Waals surface area contributed by atoms with Crippen molar-refractivity contribution in [3.8, 4) is 0 Å². The molecule has 0 spiro atoms. The minimum Gasteiger partial charge on any atom is -0.389 e. The largest absolute Gasteiger partial charge is 0.405 e. The van der Waals surface area contributed by atoms with Crippen molar-refractivity contribution in [1.82, 2.24) is 0 Å². The maximum Gasteiger partial charge on any atom is 0.405 e. The van der Waals surface area contributed by atoms with Crippen LogP contribution in [0.5, 0.6) is 0 Å². The number of halogens is 4. The average molecular weight is 269 g/mol. The van der Waals surface area contributed by atoms with E-state index in [4.69, 9.17) is 29.6 Å². The third-order valence-corrected chi connectivity index (χ3v) is 2.18. The fraction of sp³-hybridized carbons (Fsp3) is 0.222. The van der Waals surface area contributed by atoms with Gasteiger partial charge in [0.1, 0.15) is 11.5 Å². The molecule has 88 valence electrons. The number of nitrogens with two attached hydrogens (primary N) is 1. The Kier molecular flexibility index (Phi) is 3.98. The zero-order chi connectivity index (χ0) is 12.3. The van der Waals surface area contributed by atoms with E-state index in [1.54, 1.807) is 0 Å². The van der Waals surface area contributed by atoms with Crippen molar-refractivity contribution < 1.29 is 13.2 Å². The predicted octanol–water partition coefficient (Wildman–Crippen LogP) is 2.95. The number of hydrogen-bond donors (Lipinski definition) is 2. The summed E-state index contributed by atoms with van der Waals surface area (Å²) in [5, 5.41) is 2.57. The molecule has 0 bridgehead atoms. The van der Waals surface area contributed by atoms with Gasteiger partial charge >= 0.3 is 6.18 Å². The molecule has 0 atom stereocenters. The minimum absolute atomic E-state index is 0.00725. The van der Waals surface area contributed by atoms with Crippen molar-refractivity contribution in [2.24, 2.45) is 5.73 Å². The fourth-order valence-electron chi connectivity index (χ4n) is 1.07. The first-order valence-corrected chi connectivity index (χ1v) is 4.98. The summed E-state index contributed by atoms with van der Waals surface area (Å²) in [4.78, 5) is -0.00725. The summed E-state index contributed by atoms with van der Waals surface area (Å²) in [5.41, 5.74) is 5.89. The normalized spacial score (nSPS) is 11.2. The topological polar surface area (TPSA) is 38.0 Å². The van der Waals surface area contributed by atoms with E-state index in [1.165, 1.54) is 18.2 Å². The summed E-state index contributed by atoms with van der Waals surface area (Å²) in [7, 11) is 0. The predicted molar refractivity (Wildman–Crippen MR) is 61.9 cm³/mol. The monoisotopic (exact) mass is 268 g/mol. The molecule has 0 aliphatic rings. The number of nitrogens with one attached hydrogen (secondary N) is 1. The highest BCUT2D eigenvalue weighted by molar-refractivity contribution is 7.80. The molecule has 7 heteroatoms. The summed E-state index contributed by atoms with van der Waals surface area (Å²) in [6.45, 7) is -1.15. The maximum atomic E-state index is 12.0. The van der Waals surface area contributed by atoms with Crippen molar-refractivity contribution in [2.75, 3.05) is 11.9 Å². The molecule has 0 fully saturated rings. The number of benzene rings is 1. The lowest BCUT2D eigenvalue weighted by molar-refractivity contribution is -0.115. The molecule has 0 radical (unpaired) electrons. The van der Waals surface area contributed by atoms with Crippen LogP contribution in [0.25, 0.3) is 0 Å². The summed E-state index contributed by atoms with van der Waals surface area (Å²) in [6.07, 6.45) is -4.30. The highest BCUT2D eigenvalue weighted by atomic mass is 35.5. The third kappa shape index (κ3) is 3.86. The number of hydrogen-bond acceptors (Lipinski definition) is 2. The number of alkyl halides is 3. The average Bonchev–Trinajstić information content (AvgIpc) is 2.14. The lowest BCUT2D eigenvalue weighted by Crippen LogP contribution is -2.23. The Hall–Kier alpha value is -1.01. The first-order chi connectivity index (χ1) is 7.29. The highest BCUT2D eigenvalue weighted by Crippen LogP contribution is 2.22.